The van der Waals surface area contributed by atoms with E-state index in [1.54, 1.807) is 12.1 Å². The van der Waals surface area contributed by atoms with Crippen molar-refractivity contribution >= 4 is 28.1 Å². The number of piperidine rings is 1. The summed E-state index contributed by atoms with van der Waals surface area (Å²) in [6.07, 6.45) is 1.68. The van der Waals surface area contributed by atoms with Crippen molar-refractivity contribution in [3.05, 3.63) is 39.8 Å². The van der Waals surface area contributed by atoms with Crippen LogP contribution in [0.15, 0.2) is 29.6 Å². The van der Waals surface area contributed by atoms with Gasteiger partial charge in [-0.3, -0.25) is 14.9 Å². The van der Waals surface area contributed by atoms with Crippen molar-refractivity contribution in [1.29, 1.82) is 0 Å². The van der Waals surface area contributed by atoms with Gasteiger partial charge < -0.3 is 10.6 Å². The van der Waals surface area contributed by atoms with Gasteiger partial charge in [-0.25, -0.2) is 4.98 Å². The molecule has 0 saturated carbocycles. The number of nitro groups is 1. The highest BCUT2D eigenvalue weighted by molar-refractivity contribution is 7.14. The van der Waals surface area contributed by atoms with E-state index in [1.165, 1.54) is 23.5 Å². The van der Waals surface area contributed by atoms with Gasteiger partial charge in [-0.1, -0.05) is 0 Å². The topological polar surface area (TPSA) is 97.2 Å². The molecule has 8 heteroatoms. The first-order valence-electron chi connectivity index (χ1n) is 7.35. The summed E-state index contributed by atoms with van der Waals surface area (Å²) < 4.78 is 0. The number of rotatable bonds is 4. The predicted octanol–water partition coefficient (Wildman–Crippen LogP) is 2.66. The van der Waals surface area contributed by atoms with E-state index in [4.69, 9.17) is 0 Å². The van der Waals surface area contributed by atoms with E-state index in [0.717, 1.165) is 31.5 Å². The SMILES string of the molecule is O=C(Nc1nc(-c2ccc([N+](=O)[O-])cc2)cs1)C1CCNCC1. The van der Waals surface area contributed by atoms with Gasteiger partial charge in [-0.05, 0) is 38.1 Å². The van der Waals surface area contributed by atoms with Crippen LogP contribution in [-0.4, -0.2) is 28.9 Å². The number of aromatic nitrogens is 1. The van der Waals surface area contributed by atoms with Gasteiger partial charge >= 0.3 is 0 Å². The van der Waals surface area contributed by atoms with E-state index < -0.39 is 4.92 Å². The van der Waals surface area contributed by atoms with Crippen LogP contribution in [0, 0.1) is 16.0 Å². The number of anilines is 1. The Kier molecular flexibility index (Phi) is 4.63. The summed E-state index contributed by atoms with van der Waals surface area (Å²) in [5, 5.41) is 19.1. The molecule has 2 N–H and O–H groups in total. The largest absolute Gasteiger partial charge is 0.317 e. The van der Waals surface area contributed by atoms with Gasteiger partial charge in [0.2, 0.25) is 5.91 Å². The standard InChI is InChI=1S/C15H16N4O3S/c20-14(11-5-7-16-8-6-11)18-15-17-13(9-23-15)10-1-3-12(4-2-10)19(21)22/h1-4,9,11,16H,5-8H2,(H,17,18,20). The molecule has 1 amide bonds. The number of nitrogens with zero attached hydrogens (tertiary/aromatic N) is 2. The molecule has 1 aromatic carbocycles. The van der Waals surface area contributed by atoms with Crippen molar-refractivity contribution in [2.45, 2.75) is 12.8 Å². The highest BCUT2D eigenvalue weighted by Gasteiger charge is 2.21. The summed E-state index contributed by atoms with van der Waals surface area (Å²) in [4.78, 5) is 26.8. The highest BCUT2D eigenvalue weighted by atomic mass is 32.1. The summed E-state index contributed by atoms with van der Waals surface area (Å²) in [5.74, 6) is 0.0408. The van der Waals surface area contributed by atoms with E-state index in [0.29, 0.717) is 10.8 Å². The average molecular weight is 332 g/mol. The zero-order valence-corrected chi connectivity index (χ0v) is 13.1. The van der Waals surface area contributed by atoms with Gasteiger partial charge in [0.1, 0.15) is 0 Å². The van der Waals surface area contributed by atoms with Crippen molar-refractivity contribution in [2.24, 2.45) is 5.92 Å². The molecule has 0 unspecified atom stereocenters. The number of amides is 1. The van der Waals surface area contributed by atoms with Crippen LogP contribution < -0.4 is 10.6 Å². The first-order valence-corrected chi connectivity index (χ1v) is 8.23. The molecule has 0 atom stereocenters. The number of carbonyl (C=O) groups excluding carboxylic acids is 1. The first kappa shape index (κ1) is 15.6. The molecule has 1 aliphatic rings. The molecule has 0 bridgehead atoms. The van der Waals surface area contributed by atoms with E-state index in [9.17, 15) is 14.9 Å². The second-order valence-corrected chi connectivity index (χ2v) is 6.21. The lowest BCUT2D eigenvalue weighted by Crippen LogP contribution is -2.34. The zero-order chi connectivity index (χ0) is 16.2. The van der Waals surface area contributed by atoms with E-state index in [2.05, 4.69) is 15.6 Å². The Morgan fingerprint density at radius 3 is 2.65 bits per heavy atom. The van der Waals surface area contributed by atoms with Crippen molar-refractivity contribution in [2.75, 3.05) is 18.4 Å². The summed E-state index contributed by atoms with van der Waals surface area (Å²) >= 11 is 1.35. The average Bonchev–Trinajstić information content (AvgIpc) is 3.04. The van der Waals surface area contributed by atoms with E-state index in [1.807, 2.05) is 5.38 Å². The smallest absolute Gasteiger partial charge is 0.269 e. The maximum absolute atomic E-state index is 12.2. The Hall–Kier alpha value is -2.32. The fourth-order valence-electron chi connectivity index (χ4n) is 2.51. The van der Waals surface area contributed by atoms with Crippen LogP contribution in [0.1, 0.15) is 12.8 Å². The molecule has 0 aliphatic carbocycles. The number of hydrogen-bond acceptors (Lipinski definition) is 6. The molecule has 3 rings (SSSR count). The number of nitro benzene ring substituents is 1. The van der Waals surface area contributed by atoms with Crippen LogP contribution in [0.3, 0.4) is 0 Å². The summed E-state index contributed by atoms with van der Waals surface area (Å²) in [7, 11) is 0. The van der Waals surface area contributed by atoms with Crippen LogP contribution in [0.4, 0.5) is 10.8 Å². The molecule has 1 aliphatic heterocycles. The van der Waals surface area contributed by atoms with Gasteiger partial charge in [-0.15, -0.1) is 11.3 Å². The lowest BCUT2D eigenvalue weighted by atomic mass is 9.97. The summed E-state index contributed by atoms with van der Waals surface area (Å²) in [6, 6.07) is 6.21. The number of benzene rings is 1. The fourth-order valence-corrected chi connectivity index (χ4v) is 3.23. The molecule has 23 heavy (non-hydrogen) atoms. The number of thiazole rings is 1. The monoisotopic (exact) mass is 332 g/mol. The van der Waals surface area contributed by atoms with Crippen LogP contribution in [0.5, 0.6) is 0 Å². The Balaban J connectivity index is 1.67. The molecule has 120 valence electrons. The maximum Gasteiger partial charge on any atom is 0.269 e. The number of nitrogens with one attached hydrogen (secondary N) is 2. The molecule has 2 heterocycles. The Labute approximate surface area is 136 Å². The van der Waals surface area contributed by atoms with E-state index in [-0.39, 0.29) is 17.5 Å². The second-order valence-electron chi connectivity index (χ2n) is 5.36. The Bertz CT molecular complexity index is 708. The second kappa shape index (κ2) is 6.84. The predicted molar refractivity (Wildman–Crippen MR) is 88.4 cm³/mol. The molecule has 0 spiro atoms. The molecular formula is C15H16N4O3S. The Morgan fingerprint density at radius 1 is 1.30 bits per heavy atom. The van der Waals surface area contributed by atoms with Crippen LogP contribution in [0.25, 0.3) is 11.3 Å². The highest BCUT2D eigenvalue weighted by Crippen LogP contribution is 2.27. The van der Waals surface area contributed by atoms with Crippen molar-refractivity contribution in [3.8, 4) is 11.3 Å². The van der Waals surface area contributed by atoms with Gasteiger partial charge in [0.25, 0.3) is 5.69 Å². The Morgan fingerprint density at radius 2 is 2.00 bits per heavy atom. The molecule has 0 radical (unpaired) electrons. The number of hydrogen-bond donors (Lipinski definition) is 2. The molecule has 1 aromatic heterocycles. The zero-order valence-electron chi connectivity index (χ0n) is 12.3. The van der Waals surface area contributed by atoms with Crippen molar-refractivity contribution in [1.82, 2.24) is 10.3 Å². The minimum atomic E-state index is -0.435. The van der Waals surface area contributed by atoms with E-state index >= 15 is 0 Å². The fraction of sp³-hybridized carbons (Fsp3) is 0.333. The molecule has 1 saturated heterocycles. The number of carbonyl (C=O) groups is 1. The van der Waals surface area contributed by atoms with Gasteiger partial charge in [-0.2, -0.15) is 0 Å². The lowest BCUT2D eigenvalue weighted by molar-refractivity contribution is -0.384. The minimum absolute atomic E-state index is 0.0103. The molecule has 1 fully saturated rings. The number of non-ortho nitro benzene ring substituents is 1. The van der Waals surface area contributed by atoms with Gasteiger partial charge in [0, 0.05) is 29.0 Å². The first-order chi connectivity index (χ1) is 11.1. The van der Waals surface area contributed by atoms with Gasteiger partial charge in [0.05, 0.1) is 10.6 Å². The molecule has 2 aromatic rings. The quantitative estimate of drug-likeness (QED) is 0.662. The third-order valence-corrected chi connectivity index (χ3v) is 4.58. The molecular weight excluding hydrogens is 316 g/mol. The van der Waals surface area contributed by atoms with Crippen LogP contribution in [0.2, 0.25) is 0 Å². The third kappa shape index (κ3) is 3.72. The summed E-state index contributed by atoms with van der Waals surface area (Å²) in [5.41, 5.74) is 1.53. The van der Waals surface area contributed by atoms with Crippen LogP contribution in [-0.2, 0) is 4.79 Å². The maximum atomic E-state index is 12.2. The van der Waals surface area contributed by atoms with Crippen LogP contribution >= 0.6 is 11.3 Å². The third-order valence-electron chi connectivity index (χ3n) is 3.82. The van der Waals surface area contributed by atoms with Gasteiger partial charge in [0.15, 0.2) is 5.13 Å². The van der Waals surface area contributed by atoms with Crippen molar-refractivity contribution < 1.29 is 9.72 Å². The summed E-state index contributed by atoms with van der Waals surface area (Å²) in [6.45, 7) is 1.73. The normalized spacial score (nSPS) is 15.3. The van der Waals surface area contributed by atoms with Crippen molar-refractivity contribution in [3.63, 3.8) is 0 Å². The lowest BCUT2D eigenvalue weighted by Gasteiger charge is -2.20. The minimum Gasteiger partial charge on any atom is -0.317 e. The molecule has 7 nitrogen and oxygen atoms in total.